The molecule has 6 heteroatoms. The molecule has 0 atom stereocenters. The van der Waals surface area contributed by atoms with Crippen molar-refractivity contribution >= 4 is 22.1 Å². The summed E-state index contributed by atoms with van der Waals surface area (Å²) in [5.41, 5.74) is 1.30. The van der Waals surface area contributed by atoms with Crippen LogP contribution in [0.3, 0.4) is 0 Å². The molecule has 4 aromatic rings. The van der Waals surface area contributed by atoms with E-state index >= 15 is 0 Å². The summed E-state index contributed by atoms with van der Waals surface area (Å²) in [5, 5.41) is 7.78. The molecule has 0 saturated heterocycles. The SMILES string of the molecule is Fc1cccc(F)c1CNc1ccc(NCc2c(F)cccc2F)c2ccccc12. The van der Waals surface area contributed by atoms with E-state index in [4.69, 9.17) is 0 Å². The number of nitrogens with one attached hydrogen (secondary N) is 2. The lowest BCUT2D eigenvalue weighted by Gasteiger charge is -2.15. The van der Waals surface area contributed by atoms with E-state index in [0.717, 1.165) is 10.8 Å². The van der Waals surface area contributed by atoms with Gasteiger partial charge in [-0.25, -0.2) is 17.6 Å². The summed E-state index contributed by atoms with van der Waals surface area (Å²) in [6, 6.07) is 18.5. The molecule has 0 bridgehead atoms. The van der Waals surface area contributed by atoms with Gasteiger partial charge in [0.2, 0.25) is 0 Å². The third-order valence-corrected chi connectivity index (χ3v) is 4.96. The molecule has 0 saturated carbocycles. The normalized spacial score (nSPS) is 10.9. The van der Waals surface area contributed by atoms with E-state index in [-0.39, 0.29) is 24.2 Å². The summed E-state index contributed by atoms with van der Waals surface area (Å²) in [5.74, 6) is -2.46. The van der Waals surface area contributed by atoms with Gasteiger partial charge in [0.1, 0.15) is 23.3 Å². The maximum absolute atomic E-state index is 13.9. The van der Waals surface area contributed by atoms with Crippen LogP contribution in [0.4, 0.5) is 28.9 Å². The second kappa shape index (κ2) is 8.45. The Hall–Kier alpha value is -3.54. The fourth-order valence-corrected chi connectivity index (χ4v) is 3.38. The van der Waals surface area contributed by atoms with Crippen LogP contribution in [-0.2, 0) is 13.1 Å². The fraction of sp³-hybridized carbons (Fsp3) is 0.0833. The summed E-state index contributed by atoms with van der Waals surface area (Å²) < 4.78 is 55.6. The molecule has 0 aliphatic carbocycles. The van der Waals surface area contributed by atoms with E-state index in [1.165, 1.54) is 36.4 Å². The monoisotopic (exact) mass is 410 g/mol. The van der Waals surface area contributed by atoms with Crippen molar-refractivity contribution in [2.45, 2.75) is 13.1 Å². The summed E-state index contributed by atoms with van der Waals surface area (Å²) in [6.45, 7) is -0.0363. The zero-order chi connectivity index (χ0) is 21.1. The number of rotatable bonds is 6. The maximum atomic E-state index is 13.9. The highest BCUT2D eigenvalue weighted by Crippen LogP contribution is 2.31. The molecule has 2 nitrogen and oxygen atoms in total. The molecule has 0 aliphatic heterocycles. The Morgan fingerprint density at radius 1 is 0.467 bits per heavy atom. The van der Waals surface area contributed by atoms with E-state index in [9.17, 15) is 17.6 Å². The minimum absolute atomic E-state index is 0.0181. The van der Waals surface area contributed by atoms with Crippen LogP contribution >= 0.6 is 0 Å². The van der Waals surface area contributed by atoms with Crippen molar-refractivity contribution < 1.29 is 17.6 Å². The molecule has 152 valence electrons. The van der Waals surface area contributed by atoms with E-state index in [1.807, 2.05) is 24.3 Å². The van der Waals surface area contributed by atoms with E-state index in [1.54, 1.807) is 12.1 Å². The molecule has 0 fully saturated rings. The Labute approximate surface area is 171 Å². The highest BCUT2D eigenvalue weighted by molar-refractivity contribution is 6.01. The predicted molar refractivity (Wildman–Crippen MR) is 111 cm³/mol. The number of halogens is 4. The third kappa shape index (κ3) is 3.94. The van der Waals surface area contributed by atoms with E-state index in [2.05, 4.69) is 10.6 Å². The first-order valence-corrected chi connectivity index (χ1v) is 9.40. The van der Waals surface area contributed by atoms with Crippen LogP contribution in [0.25, 0.3) is 10.8 Å². The Morgan fingerprint density at radius 3 is 1.20 bits per heavy atom. The van der Waals surface area contributed by atoms with Gasteiger partial charge >= 0.3 is 0 Å². The van der Waals surface area contributed by atoms with Gasteiger partial charge in [0.05, 0.1) is 0 Å². The first-order chi connectivity index (χ1) is 14.5. The molecule has 0 unspecified atom stereocenters. The van der Waals surface area contributed by atoms with Crippen LogP contribution < -0.4 is 10.6 Å². The number of hydrogen-bond donors (Lipinski definition) is 2. The van der Waals surface area contributed by atoms with Gasteiger partial charge in [-0.2, -0.15) is 0 Å². The van der Waals surface area contributed by atoms with Crippen LogP contribution in [0.5, 0.6) is 0 Å². The van der Waals surface area contributed by atoms with Crippen LogP contribution in [0.1, 0.15) is 11.1 Å². The van der Waals surface area contributed by atoms with E-state index < -0.39 is 23.3 Å². The minimum atomic E-state index is -0.614. The molecule has 0 aromatic heterocycles. The average molecular weight is 410 g/mol. The van der Waals surface area contributed by atoms with Gasteiger partial charge in [0.15, 0.2) is 0 Å². The Balaban J connectivity index is 1.60. The van der Waals surface area contributed by atoms with Crippen LogP contribution in [0, 0.1) is 23.3 Å². The zero-order valence-corrected chi connectivity index (χ0v) is 15.9. The zero-order valence-electron chi connectivity index (χ0n) is 15.9. The van der Waals surface area contributed by atoms with Crippen LogP contribution in [0.2, 0.25) is 0 Å². The molecular weight excluding hydrogens is 392 g/mol. The van der Waals surface area contributed by atoms with Gasteiger partial charge in [0.25, 0.3) is 0 Å². The summed E-state index contributed by atoms with van der Waals surface area (Å²) in [7, 11) is 0. The van der Waals surface area contributed by atoms with Crippen molar-refractivity contribution in [3.63, 3.8) is 0 Å². The maximum Gasteiger partial charge on any atom is 0.131 e. The molecular formula is C24H18F4N2. The number of benzene rings is 4. The quantitative estimate of drug-likeness (QED) is 0.349. The molecule has 0 aliphatic rings. The highest BCUT2D eigenvalue weighted by Gasteiger charge is 2.12. The predicted octanol–water partition coefficient (Wildman–Crippen LogP) is 6.62. The Morgan fingerprint density at radius 2 is 0.833 bits per heavy atom. The second-order valence-corrected chi connectivity index (χ2v) is 6.81. The minimum Gasteiger partial charge on any atom is -0.380 e. The third-order valence-electron chi connectivity index (χ3n) is 4.96. The van der Waals surface area contributed by atoms with Gasteiger partial charge < -0.3 is 10.6 Å². The molecule has 4 aromatic carbocycles. The highest BCUT2D eigenvalue weighted by atomic mass is 19.1. The van der Waals surface area contributed by atoms with Crippen LogP contribution in [-0.4, -0.2) is 0 Å². The molecule has 30 heavy (non-hydrogen) atoms. The lowest BCUT2D eigenvalue weighted by Crippen LogP contribution is -2.07. The van der Waals surface area contributed by atoms with Crippen molar-refractivity contribution in [2.24, 2.45) is 0 Å². The summed E-state index contributed by atoms with van der Waals surface area (Å²) in [4.78, 5) is 0. The molecule has 4 rings (SSSR count). The Bertz CT molecular complexity index is 1070. The number of fused-ring (bicyclic) bond motifs is 1. The smallest absolute Gasteiger partial charge is 0.131 e. The van der Waals surface area contributed by atoms with Gasteiger partial charge in [-0.1, -0.05) is 36.4 Å². The van der Waals surface area contributed by atoms with Crippen molar-refractivity contribution in [2.75, 3.05) is 10.6 Å². The Kier molecular flexibility index (Phi) is 5.57. The summed E-state index contributed by atoms with van der Waals surface area (Å²) >= 11 is 0. The molecule has 0 radical (unpaired) electrons. The number of anilines is 2. The van der Waals surface area contributed by atoms with Gasteiger partial charge in [-0.3, -0.25) is 0 Å². The second-order valence-electron chi connectivity index (χ2n) is 6.81. The van der Waals surface area contributed by atoms with Gasteiger partial charge in [-0.15, -0.1) is 0 Å². The van der Waals surface area contributed by atoms with Crippen molar-refractivity contribution in [1.82, 2.24) is 0 Å². The lowest BCUT2D eigenvalue weighted by molar-refractivity contribution is 0.559. The standard InChI is InChI=1S/C24H18F4N2/c25-19-7-3-8-20(26)17(19)13-29-23-11-12-24(16-6-2-1-5-15(16)23)30-14-18-21(27)9-4-10-22(18)28/h1-12,29-30H,13-14H2. The molecule has 2 N–H and O–H groups in total. The largest absolute Gasteiger partial charge is 0.380 e. The van der Waals surface area contributed by atoms with Crippen molar-refractivity contribution in [3.8, 4) is 0 Å². The molecule has 0 amide bonds. The average Bonchev–Trinajstić information content (AvgIpc) is 2.74. The first kappa shape index (κ1) is 19.8. The van der Waals surface area contributed by atoms with Crippen LogP contribution in [0.15, 0.2) is 72.8 Å². The first-order valence-electron chi connectivity index (χ1n) is 9.40. The summed E-state index contributed by atoms with van der Waals surface area (Å²) in [6.07, 6.45) is 0. The van der Waals surface area contributed by atoms with Crippen molar-refractivity contribution in [1.29, 1.82) is 0 Å². The van der Waals surface area contributed by atoms with Gasteiger partial charge in [-0.05, 0) is 36.4 Å². The molecule has 0 spiro atoms. The fourth-order valence-electron chi connectivity index (χ4n) is 3.38. The lowest BCUT2D eigenvalue weighted by atomic mass is 10.1. The van der Waals surface area contributed by atoms with Gasteiger partial charge in [0, 0.05) is 46.4 Å². The topological polar surface area (TPSA) is 24.1 Å². The number of hydrogen-bond acceptors (Lipinski definition) is 2. The van der Waals surface area contributed by atoms with E-state index in [0.29, 0.717) is 11.4 Å². The van der Waals surface area contributed by atoms with Crippen molar-refractivity contribution in [3.05, 3.63) is 107 Å². The molecule has 0 heterocycles.